The molecule has 0 spiro atoms. The molecule has 0 unspecified atom stereocenters. The van der Waals surface area contributed by atoms with Crippen LogP contribution in [0.5, 0.6) is 0 Å². The minimum Gasteiger partial charge on any atom is -0.459 e. The lowest BCUT2D eigenvalue weighted by Gasteiger charge is -2.42. The fourth-order valence-corrected chi connectivity index (χ4v) is 3.84. The Hall–Kier alpha value is -4.05. The van der Waals surface area contributed by atoms with E-state index in [9.17, 15) is 19.5 Å². The van der Waals surface area contributed by atoms with E-state index < -0.39 is 48.6 Å². The molecule has 0 bridgehead atoms. The van der Waals surface area contributed by atoms with Crippen LogP contribution in [0.1, 0.15) is 31.1 Å². The first-order chi connectivity index (χ1) is 18.0. The van der Waals surface area contributed by atoms with Gasteiger partial charge < -0.3 is 28.8 Å². The summed E-state index contributed by atoms with van der Waals surface area (Å²) in [7, 11) is 1.31. The van der Waals surface area contributed by atoms with Crippen molar-refractivity contribution in [3.05, 3.63) is 108 Å². The van der Waals surface area contributed by atoms with Crippen molar-refractivity contribution in [1.29, 1.82) is 0 Å². The molecule has 5 atom stereocenters. The van der Waals surface area contributed by atoms with E-state index in [0.29, 0.717) is 5.56 Å². The van der Waals surface area contributed by atoms with Crippen LogP contribution in [-0.2, 0) is 23.7 Å². The molecule has 4 rings (SSSR count). The van der Waals surface area contributed by atoms with E-state index in [1.165, 1.54) is 7.11 Å². The highest BCUT2D eigenvalue weighted by molar-refractivity contribution is 5.90. The standard InChI is InChI=1S/C28H26O9/c1-33-28-24(37-27(32)20-15-9-4-10-16-20)22(29)23(36-26(31)19-13-7-3-8-14-19)21(35-28)17-34-25(30)18-11-5-2-6-12-18/h2-16,21-24,28-29H,17H2,1H3/t21-,22+,23+,24-,28-/m1/s1. The van der Waals surface area contributed by atoms with Crippen molar-refractivity contribution >= 4 is 17.9 Å². The molecule has 1 saturated heterocycles. The zero-order valence-electron chi connectivity index (χ0n) is 20.0. The van der Waals surface area contributed by atoms with Gasteiger partial charge in [0.1, 0.15) is 18.8 Å². The third kappa shape index (κ3) is 6.39. The minimum atomic E-state index is -1.56. The molecule has 9 nitrogen and oxygen atoms in total. The number of carbonyl (C=O) groups excluding carboxylic acids is 3. The van der Waals surface area contributed by atoms with Crippen LogP contribution in [-0.4, -0.2) is 67.4 Å². The zero-order chi connectivity index (χ0) is 26.2. The molecule has 37 heavy (non-hydrogen) atoms. The molecule has 0 aliphatic carbocycles. The fraction of sp³-hybridized carbons (Fsp3) is 0.250. The highest BCUT2D eigenvalue weighted by atomic mass is 16.7. The lowest BCUT2D eigenvalue weighted by atomic mass is 9.98. The molecule has 1 aliphatic heterocycles. The first-order valence-electron chi connectivity index (χ1n) is 11.6. The molecule has 0 aromatic heterocycles. The number of methoxy groups -OCH3 is 1. The molecule has 1 heterocycles. The number of benzene rings is 3. The Morgan fingerprint density at radius 3 is 1.59 bits per heavy atom. The van der Waals surface area contributed by atoms with Gasteiger partial charge >= 0.3 is 17.9 Å². The predicted molar refractivity (Wildman–Crippen MR) is 130 cm³/mol. The van der Waals surface area contributed by atoms with Gasteiger partial charge in [-0.05, 0) is 36.4 Å². The molecular formula is C28H26O9. The number of hydrogen-bond donors (Lipinski definition) is 1. The summed E-state index contributed by atoms with van der Waals surface area (Å²) in [4.78, 5) is 38.0. The Bertz CT molecular complexity index is 1180. The summed E-state index contributed by atoms with van der Waals surface area (Å²) >= 11 is 0. The molecule has 0 amide bonds. The van der Waals surface area contributed by atoms with E-state index in [0.717, 1.165) is 0 Å². The van der Waals surface area contributed by atoms with E-state index in [2.05, 4.69) is 0 Å². The lowest BCUT2D eigenvalue weighted by Crippen LogP contribution is -2.61. The molecule has 9 heteroatoms. The highest BCUT2D eigenvalue weighted by Crippen LogP contribution is 2.28. The van der Waals surface area contributed by atoms with E-state index in [1.807, 2.05) is 0 Å². The number of hydrogen-bond acceptors (Lipinski definition) is 9. The van der Waals surface area contributed by atoms with Crippen LogP contribution < -0.4 is 0 Å². The molecule has 3 aromatic carbocycles. The van der Waals surface area contributed by atoms with Crippen molar-refractivity contribution in [2.24, 2.45) is 0 Å². The summed E-state index contributed by atoms with van der Waals surface area (Å²) in [6.07, 6.45) is -6.59. The number of rotatable bonds is 8. The van der Waals surface area contributed by atoms with Gasteiger partial charge in [-0.3, -0.25) is 0 Å². The SMILES string of the molecule is CO[C@@H]1O[C@H](COC(=O)c2ccccc2)[C@H](OC(=O)c2ccccc2)[C@H](O)[C@H]1OC(=O)c1ccccc1. The van der Waals surface area contributed by atoms with Gasteiger partial charge in [-0.1, -0.05) is 54.6 Å². The first kappa shape index (κ1) is 26.0. The van der Waals surface area contributed by atoms with Crippen LogP contribution in [0.4, 0.5) is 0 Å². The van der Waals surface area contributed by atoms with E-state index in [1.54, 1.807) is 91.0 Å². The molecule has 1 N–H and O–H groups in total. The number of aliphatic hydroxyl groups is 1. The van der Waals surface area contributed by atoms with Crippen LogP contribution in [0.3, 0.4) is 0 Å². The van der Waals surface area contributed by atoms with Crippen molar-refractivity contribution in [2.75, 3.05) is 13.7 Å². The predicted octanol–water partition coefficient (Wildman–Crippen LogP) is 3.03. The van der Waals surface area contributed by atoms with E-state index in [-0.39, 0.29) is 17.7 Å². The van der Waals surface area contributed by atoms with E-state index in [4.69, 9.17) is 23.7 Å². The van der Waals surface area contributed by atoms with Crippen LogP contribution >= 0.6 is 0 Å². The van der Waals surface area contributed by atoms with Gasteiger partial charge in [-0.2, -0.15) is 0 Å². The quantitative estimate of drug-likeness (QED) is 0.363. The number of carbonyl (C=O) groups is 3. The van der Waals surface area contributed by atoms with Gasteiger partial charge in [0.15, 0.2) is 18.5 Å². The fourth-order valence-electron chi connectivity index (χ4n) is 3.84. The largest absolute Gasteiger partial charge is 0.459 e. The van der Waals surface area contributed by atoms with Crippen LogP contribution in [0, 0.1) is 0 Å². The van der Waals surface area contributed by atoms with Crippen molar-refractivity contribution in [2.45, 2.75) is 30.7 Å². The van der Waals surface area contributed by atoms with Crippen LogP contribution in [0.15, 0.2) is 91.0 Å². The van der Waals surface area contributed by atoms with Gasteiger partial charge in [0, 0.05) is 7.11 Å². The summed E-state index contributed by atoms with van der Waals surface area (Å²) in [6, 6.07) is 24.7. The second kappa shape index (κ2) is 12.3. The van der Waals surface area contributed by atoms with E-state index >= 15 is 0 Å². The summed E-state index contributed by atoms with van der Waals surface area (Å²) in [5, 5.41) is 11.2. The summed E-state index contributed by atoms with van der Waals surface area (Å²) < 4.78 is 27.7. The first-order valence-corrected chi connectivity index (χ1v) is 11.6. The van der Waals surface area contributed by atoms with Gasteiger partial charge in [-0.15, -0.1) is 0 Å². The monoisotopic (exact) mass is 506 g/mol. The van der Waals surface area contributed by atoms with Gasteiger partial charge in [0.05, 0.1) is 16.7 Å². The highest BCUT2D eigenvalue weighted by Gasteiger charge is 2.50. The van der Waals surface area contributed by atoms with Crippen molar-refractivity contribution in [1.82, 2.24) is 0 Å². The van der Waals surface area contributed by atoms with Crippen molar-refractivity contribution < 1.29 is 43.2 Å². The van der Waals surface area contributed by atoms with Gasteiger partial charge in [0.2, 0.25) is 0 Å². The van der Waals surface area contributed by atoms with Gasteiger partial charge in [0.25, 0.3) is 0 Å². The smallest absolute Gasteiger partial charge is 0.338 e. The third-order valence-electron chi connectivity index (χ3n) is 5.74. The Balaban J connectivity index is 1.55. The van der Waals surface area contributed by atoms with Crippen molar-refractivity contribution in [3.63, 3.8) is 0 Å². The molecule has 192 valence electrons. The minimum absolute atomic E-state index is 0.237. The second-order valence-corrected chi connectivity index (χ2v) is 8.21. The topological polar surface area (TPSA) is 118 Å². The zero-order valence-corrected chi connectivity index (χ0v) is 20.0. The average Bonchev–Trinajstić information content (AvgIpc) is 2.95. The molecule has 1 aliphatic rings. The molecule has 0 radical (unpaired) electrons. The number of esters is 3. The molecule has 1 fully saturated rings. The molecule has 0 saturated carbocycles. The summed E-state index contributed by atoms with van der Waals surface area (Å²) in [6.45, 7) is -0.364. The average molecular weight is 507 g/mol. The molecular weight excluding hydrogens is 480 g/mol. The Kier molecular flexibility index (Phi) is 8.63. The van der Waals surface area contributed by atoms with Crippen LogP contribution in [0.25, 0.3) is 0 Å². The lowest BCUT2D eigenvalue weighted by molar-refractivity contribution is -0.292. The number of ether oxygens (including phenoxy) is 5. The maximum atomic E-state index is 12.8. The molecule has 3 aromatic rings. The maximum Gasteiger partial charge on any atom is 0.338 e. The second-order valence-electron chi connectivity index (χ2n) is 8.21. The number of aliphatic hydroxyl groups excluding tert-OH is 1. The Morgan fingerprint density at radius 2 is 1.14 bits per heavy atom. The third-order valence-corrected chi connectivity index (χ3v) is 5.74. The maximum absolute atomic E-state index is 12.8. The van der Waals surface area contributed by atoms with Gasteiger partial charge in [-0.25, -0.2) is 14.4 Å². The Labute approximate surface area is 213 Å². The Morgan fingerprint density at radius 1 is 0.703 bits per heavy atom. The van der Waals surface area contributed by atoms with Crippen LogP contribution in [0.2, 0.25) is 0 Å². The van der Waals surface area contributed by atoms with Crippen molar-refractivity contribution in [3.8, 4) is 0 Å². The summed E-state index contributed by atoms with van der Waals surface area (Å²) in [5.41, 5.74) is 0.803. The summed E-state index contributed by atoms with van der Waals surface area (Å²) in [5.74, 6) is -2.09. The normalized spacial score (nSPS) is 23.0.